The molecule has 0 saturated heterocycles. The first-order valence-corrected chi connectivity index (χ1v) is 4.58. The Morgan fingerprint density at radius 1 is 1.21 bits per heavy atom. The van der Waals surface area contributed by atoms with Gasteiger partial charge in [0.15, 0.2) is 11.5 Å². The van der Waals surface area contributed by atoms with Crippen LogP contribution in [0.3, 0.4) is 0 Å². The molecule has 14 heavy (non-hydrogen) atoms. The minimum Gasteiger partial charge on any atom is -0.454 e. The lowest BCUT2D eigenvalue weighted by Gasteiger charge is -2.10. The molecule has 1 aromatic carbocycles. The van der Waals surface area contributed by atoms with Gasteiger partial charge in [0.05, 0.1) is 0 Å². The maximum absolute atomic E-state index is 13.6. The van der Waals surface area contributed by atoms with Crippen LogP contribution in [0.15, 0.2) is 12.1 Å². The van der Waals surface area contributed by atoms with Gasteiger partial charge in [-0.3, -0.25) is 0 Å². The maximum atomic E-state index is 13.6. The molecule has 0 spiro atoms. The Morgan fingerprint density at radius 3 is 2.50 bits per heavy atom. The van der Waals surface area contributed by atoms with E-state index in [0.29, 0.717) is 17.1 Å². The Bertz CT molecular complexity index is 401. The second kappa shape index (κ2) is 2.39. The summed E-state index contributed by atoms with van der Waals surface area (Å²) in [6.45, 7) is 0.162. The lowest BCUT2D eigenvalue weighted by atomic mass is 10.0. The van der Waals surface area contributed by atoms with Crippen LogP contribution in [0.25, 0.3) is 0 Å². The number of rotatable bonds is 1. The lowest BCUT2D eigenvalue weighted by Crippen LogP contribution is -2.20. The molecule has 0 aromatic heterocycles. The number of hydrogen-bond acceptors (Lipinski definition) is 3. The number of benzene rings is 1. The molecule has 0 radical (unpaired) electrons. The average molecular weight is 195 g/mol. The minimum atomic E-state index is -0.467. The summed E-state index contributed by atoms with van der Waals surface area (Å²) in [5.74, 6) is 0.767. The highest BCUT2D eigenvalue weighted by atomic mass is 19.1. The van der Waals surface area contributed by atoms with Gasteiger partial charge in [-0.15, -0.1) is 0 Å². The Balaban J connectivity index is 2.13. The predicted octanol–water partition coefficient (Wildman–Crippen LogP) is 1.50. The van der Waals surface area contributed by atoms with Gasteiger partial charge >= 0.3 is 0 Å². The van der Waals surface area contributed by atoms with Crippen molar-refractivity contribution in [2.24, 2.45) is 5.73 Å². The second-order valence-corrected chi connectivity index (χ2v) is 3.84. The molecule has 0 unspecified atom stereocenters. The molecule has 1 saturated carbocycles. The number of hydrogen-bond donors (Lipinski definition) is 1. The highest BCUT2D eigenvalue weighted by Gasteiger charge is 2.43. The van der Waals surface area contributed by atoms with E-state index in [1.807, 2.05) is 0 Å². The molecule has 1 aliphatic heterocycles. The highest BCUT2D eigenvalue weighted by molar-refractivity contribution is 5.48. The van der Waals surface area contributed by atoms with Crippen LogP contribution in [-0.2, 0) is 5.54 Å². The number of halogens is 1. The zero-order chi connectivity index (χ0) is 9.76. The van der Waals surface area contributed by atoms with E-state index in [-0.39, 0.29) is 12.6 Å². The van der Waals surface area contributed by atoms with Crippen molar-refractivity contribution >= 4 is 0 Å². The molecular weight excluding hydrogens is 185 g/mol. The van der Waals surface area contributed by atoms with Gasteiger partial charge in [-0.05, 0) is 18.9 Å². The van der Waals surface area contributed by atoms with E-state index in [9.17, 15) is 4.39 Å². The van der Waals surface area contributed by atoms with Crippen molar-refractivity contribution in [3.8, 4) is 11.5 Å². The Morgan fingerprint density at radius 2 is 1.86 bits per heavy atom. The zero-order valence-electron chi connectivity index (χ0n) is 7.55. The van der Waals surface area contributed by atoms with E-state index < -0.39 is 5.54 Å². The number of ether oxygens (including phenoxy) is 2. The van der Waals surface area contributed by atoms with Gasteiger partial charge in [0, 0.05) is 17.2 Å². The molecule has 3 rings (SSSR count). The summed E-state index contributed by atoms with van der Waals surface area (Å²) in [6.07, 6.45) is 1.67. The van der Waals surface area contributed by atoms with Crippen molar-refractivity contribution in [1.29, 1.82) is 0 Å². The second-order valence-electron chi connectivity index (χ2n) is 3.84. The molecule has 2 N–H and O–H groups in total. The first-order chi connectivity index (χ1) is 6.69. The van der Waals surface area contributed by atoms with Crippen LogP contribution in [0, 0.1) is 5.82 Å². The molecule has 1 heterocycles. The SMILES string of the molecule is NC1(c2cc3c(cc2F)OCO3)CC1. The molecule has 1 fully saturated rings. The van der Waals surface area contributed by atoms with Gasteiger partial charge in [-0.1, -0.05) is 0 Å². The van der Waals surface area contributed by atoms with Crippen LogP contribution in [-0.4, -0.2) is 6.79 Å². The fraction of sp³-hybridized carbons (Fsp3) is 0.400. The predicted molar refractivity (Wildman–Crippen MR) is 47.6 cm³/mol. The lowest BCUT2D eigenvalue weighted by molar-refractivity contribution is 0.174. The van der Waals surface area contributed by atoms with Crippen molar-refractivity contribution in [2.45, 2.75) is 18.4 Å². The molecule has 0 bridgehead atoms. The minimum absolute atomic E-state index is 0.162. The van der Waals surface area contributed by atoms with Gasteiger partial charge in [0.1, 0.15) is 5.82 Å². The summed E-state index contributed by atoms with van der Waals surface area (Å²) in [7, 11) is 0. The molecule has 1 aliphatic carbocycles. The van der Waals surface area contributed by atoms with Crippen LogP contribution in [0.5, 0.6) is 11.5 Å². The standard InChI is InChI=1S/C10H10FNO2/c11-7-4-9-8(13-5-14-9)3-6(7)10(12)1-2-10/h3-4H,1-2,5,12H2. The van der Waals surface area contributed by atoms with Crippen molar-refractivity contribution in [3.63, 3.8) is 0 Å². The fourth-order valence-corrected chi connectivity index (χ4v) is 1.70. The van der Waals surface area contributed by atoms with E-state index in [2.05, 4.69) is 0 Å². The van der Waals surface area contributed by atoms with Crippen LogP contribution < -0.4 is 15.2 Å². The molecule has 1 aromatic rings. The van der Waals surface area contributed by atoms with Crippen molar-refractivity contribution in [2.75, 3.05) is 6.79 Å². The van der Waals surface area contributed by atoms with Crippen LogP contribution in [0.4, 0.5) is 4.39 Å². The molecule has 0 atom stereocenters. The van der Waals surface area contributed by atoms with Crippen LogP contribution in [0.2, 0.25) is 0 Å². The third-order valence-corrected chi connectivity index (χ3v) is 2.79. The van der Waals surface area contributed by atoms with Crippen molar-refractivity contribution in [3.05, 3.63) is 23.5 Å². The average Bonchev–Trinajstić information content (AvgIpc) is 2.75. The quantitative estimate of drug-likeness (QED) is 0.738. The number of nitrogens with two attached hydrogens (primary N) is 1. The molecule has 3 nitrogen and oxygen atoms in total. The van der Waals surface area contributed by atoms with Crippen molar-refractivity contribution < 1.29 is 13.9 Å². The van der Waals surface area contributed by atoms with E-state index in [1.54, 1.807) is 6.07 Å². The Hall–Kier alpha value is -1.29. The van der Waals surface area contributed by atoms with Gasteiger partial charge in [-0.2, -0.15) is 0 Å². The molecule has 2 aliphatic rings. The summed E-state index contributed by atoms with van der Waals surface area (Å²) in [6, 6.07) is 3.01. The summed E-state index contributed by atoms with van der Waals surface area (Å²) in [4.78, 5) is 0. The largest absolute Gasteiger partial charge is 0.454 e. The smallest absolute Gasteiger partial charge is 0.231 e. The monoisotopic (exact) mass is 195 g/mol. The first kappa shape index (κ1) is 8.05. The van der Waals surface area contributed by atoms with E-state index in [1.165, 1.54) is 6.07 Å². The van der Waals surface area contributed by atoms with Gasteiger partial charge in [-0.25, -0.2) is 4.39 Å². The maximum Gasteiger partial charge on any atom is 0.231 e. The Labute approximate surface area is 80.6 Å². The van der Waals surface area contributed by atoms with Crippen LogP contribution in [0.1, 0.15) is 18.4 Å². The topological polar surface area (TPSA) is 44.5 Å². The molecule has 4 heteroatoms. The van der Waals surface area contributed by atoms with Gasteiger partial charge < -0.3 is 15.2 Å². The molecule has 74 valence electrons. The third-order valence-electron chi connectivity index (χ3n) is 2.79. The van der Waals surface area contributed by atoms with E-state index >= 15 is 0 Å². The van der Waals surface area contributed by atoms with E-state index in [0.717, 1.165) is 12.8 Å². The fourth-order valence-electron chi connectivity index (χ4n) is 1.70. The van der Waals surface area contributed by atoms with Crippen molar-refractivity contribution in [1.82, 2.24) is 0 Å². The van der Waals surface area contributed by atoms with E-state index in [4.69, 9.17) is 15.2 Å². The zero-order valence-corrected chi connectivity index (χ0v) is 7.55. The highest BCUT2D eigenvalue weighted by Crippen LogP contribution is 2.47. The number of fused-ring (bicyclic) bond motifs is 1. The third kappa shape index (κ3) is 1.00. The first-order valence-electron chi connectivity index (χ1n) is 4.58. The normalized spacial score (nSPS) is 21.0. The van der Waals surface area contributed by atoms with Gasteiger partial charge in [0.2, 0.25) is 6.79 Å². The summed E-state index contributed by atoms with van der Waals surface area (Å²) in [5, 5.41) is 0. The Kier molecular flexibility index (Phi) is 1.37. The summed E-state index contributed by atoms with van der Waals surface area (Å²) >= 11 is 0. The summed E-state index contributed by atoms with van der Waals surface area (Å²) in [5.41, 5.74) is 6.00. The van der Waals surface area contributed by atoms with Crippen LogP contribution >= 0.6 is 0 Å². The van der Waals surface area contributed by atoms with Gasteiger partial charge in [0.25, 0.3) is 0 Å². The molecule has 0 amide bonds. The molecular formula is C10H10FNO2. The summed E-state index contributed by atoms with van der Waals surface area (Å²) < 4.78 is 23.8.